The van der Waals surface area contributed by atoms with E-state index < -0.39 is 8.56 Å². The second-order valence-electron chi connectivity index (χ2n) is 3.83. The molecule has 0 heterocycles. The Bertz CT molecular complexity index is 122. The van der Waals surface area contributed by atoms with Crippen molar-refractivity contribution in [1.82, 2.24) is 0 Å². The highest BCUT2D eigenvalue weighted by molar-refractivity contribution is 6.68. The molecule has 0 radical (unpaired) electrons. The Morgan fingerprint density at radius 2 is 1.62 bits per heavy atom. The smallest absolute Gasteiger partial charge is 0.340 e. The van der Waals surface area contributed by atoms with Crippen molar-refractivity contribution in [3.8, 4) is 0 Å². The molecule has 0 N–H and O–H groups in total. The molecule has 13 heavy (non-hydrogen) atoms. The van der Waals surface area contributed by atoms with E-state index in [0.717, 1.165) is 6.04 Å². The molecular formula is C10H24O2Si. The Kier molecular flexibility index (Phi) is 6.64. The van der Waals surface area contributed by atoms with E-state index in [2.05, 4.69) is 20.8 Å². The lowest BCUT2D eigenvalue weighted by molar-refractivity contribution is 0.231. The van der Waals surface area contributed by atoms with Gasteiger partial charge in [0, 0.05) is 14.2 Å². The maximum atomic E-state index is 5.61. The fourth-order valence-electron chi connectivity index (χ4n) is 1.67. The molecule has 0 aromatic rings. The Labute approximate surface area is 83.9 Å². The van der Waals surface area contributed by atoms with E-state index in [4.69, 9.17) is 8.85 Å². The van der Waals surface area contributed by atoms with Crippen molar-refractivity contribution in [2.75, 3.05) is 14.2 Å². The summed E-state index contributed by atoms with van der Waals surface area (Å²) >= 11 is 0. The predicted octanol–water partition coefficient (Wildman–Crippen LogP) is 3.32. The highest BCUT2D eigenvalue weighted by atomic mass is 28.4. The topological polar surface area (TPSA) is 18.5 Å². The normalized spacial score (nSPS) is 12.5. The zero-order valence-electron chi connectivity index (χ0n) is 9.72. The van der Waals surface area contributed by atoms with Crippen molar-refractivity contribution >= 4 is 8.56 Å². The first-order valence-electron chi connectivity index (χ1n) is 5.23. The third-order valence-corrected chi connectivity index (χ3v) is 6.89. The van der Waals surface area contributed by atoms with E-state index in [1.165, 1.54) is 19.3 Å². The summed E-state index contributed by atoms with van der Waals surface area (Å²) in [5.41, 5.74) is 0.541. The average molecular weight is 204 g/mol. The van der Waals surface area contributed by atoms with E-state index in [1.807, 2.05) is 0 Å². The van der Waals surface area contributed by atoms with Gasteiger partial charge in [0.25, 0.3) is 0 Å². The van der Waals surface area contributed by atoms with E-state index in [1.54, 1.807) is 14.2 Å². The molecule has 2 nitrogen and oxygen atoms in total. The van der Waals surface area contributed by atoms with Gasteiger partial charge in [-0.25, -0.2) is 0 Å². The summed E-state index contributed by atoms with van der Waals surface area (Å²) in [5.74, 6) is 0. The lowest BCUT2D eigenvalue weighted by Gasteiger charge is -2.31. The van der Waals surface area contributed by atoms with Gasteiger partial charge in [0.15, 0.2) is 0 Å². The second kappa shape index (κ2) is 6.57. The number of hydrogen-bond donors (Lipinski definition) is 0. The van der Waals surface area contributed by atoms with Crippen molar-refractivity contribution in [3.63, 3.8) is 0 Å². The van der Waals surface area contributed by atoms with Crippen molar-refractivity contribution < 1.29 is 8.85 Å². The molecule has 0 amide bonds. The van der Waals surface area contributed by atoms with Crippen molar-refractivity contribution in [3.05, 3.63) is 0 Å². The van der Waals surface area contributed by atoms with Crippen LogP contribution in [0.15, 0.2) is 0 Å². The largest absolute Gasteiger partial charge is 0.397 e. The van der Waals surface area contributed by atoms with Crippen LogP contribution in [0.1, 0.15) is 40.0 Å². The predicted molar refractivity (Wildman–Crippen MR) is 59.2 cm³/mol. The molecule has 0 saturated heterocycles. The van der Waals surface area contributed by atoms with E-state index >= 15 is 0 Å². The molecule has 0 aliphatic carbocycles. The molecule has 0 atom stereocenters. The van der Waals surface area contributed by atoms with Gasteiger partial charge in [-0.3, -0.25) is 0 Å². The van der Waals surface area contributed by atoms with Crippen molar-refractivity contribution in [1.29, 1.82) is 0 Å². The minimum Gasteiger partial charge on any atom is -0.397 e. The Hall–Kier alpha value is 0.137. The summed E-state index contributed by atoms with van der Waals surface area (Å²) in [6.45, 7) is 6.62. The van der Waals surface area contributed by atoms with Crippen LogP contribution < -0.4 is 0 Å². The van der Waals surface area contributed by atoms with Gasteiger partial charge in [0.2, 0.25) is 0 Å². The molecular weight excluding hydrogens is 180 g/mol. The number of hydrogen-bond acceptors (Lipinski definition) is 2. The minimum atomic E-state index is -1.86. The van der Waals surface area contributed by atoms with Gasteiger partial charge in [0.05, 0.1) is 0 Å². The quantitative estimate of drug-likeness (QED) is 0.468. The monoisotopic (exact) mass is 204 g/mol. The lowest BCUT2D eigenvalue weighted by Crippen LogP contribution is -2.43. The summed E-state index contributed by atoms with van der Waals surface area (Å²) in [6.07, 6.45) is 3.78. The van der Waals surface area contributed by atoms with Gasteiger partial charge >= 0.3 is 8.56 Å². The average Bonchev–Trinajstić information content (AvgIpc) is 2.13. The molecule has 0 bridgehead atoms. The Balaban J connectivity index is 4.06. The van der Waals surface area contributed by atoms with E-state index in [0.29, 0.717) is 5.54 Å². The maximum Gasteiger partial charge on any atom is 0.340 e. The Morgan fingerprint density at radius 3 is 1.92 bits per heavy atom. The molecule has 0 fully saturated rings. The first-order chi connectivity index (χ1) is 6.13. The SMILES string of the molecule is CCCCC[Si](OC)(OC)C(C)C. The van der Waals surface area contributed by atoms with Gasteiger partial charge in [0.1, 0.15) is 0 Å². The number of rotatable bonds is 7. The van der Waals surface area contributed by atoms with Crippen LogP contribution in [0.4, 0.5) is 0 Å². The molecule has 0 spiro atoms. The summed E-state index contributed by atoms with van der Waals surface area (Å²) in [4.78, 5) is 0. The van der Waals surface area contributed by atoms with Gasteiger partial charge in [-0.15, -0.1) is 0 Å². The third kappa shape index (κ3) is 3.79. The standard InChI is InChI=1S/C10H24O2Si/c1-6-7-8-9-13(11-4,12-5)10(2)3/h10H,6-9H2,1-5H3. The molecule has 0 aliphatic heterocycles. The second-order valence-corrected chi connectivity index (χ2v) is 7.93. The molecule has 0 aliphatic rings. The van der Waals surface area contributed by atoms with Gasteiger partial charge in [-0.2, -0.15) is 0 Å². The van der Waals surface area contributed by atoms with Gasteiger partial charge in [-0.1, -0.05) is 40.0 Å². The van der Waals surface area contributed by atoms with Crippen LogP contribution in [0, 0.1) is 0 Å². The maximum absolute atomic E-state index is 5.61. The molecule has 0 saturated carbocycles. The summed E-state index contributed by atoms with van der Waals surface area (Å²) in [7, 11) is 1.73. The number of unbranched alkanes of at least 4 members (excludes halogenated alkanes) is 2. The third-order valence-electron chi connectivity index (χ3n) is 2.70. The van der Waals surface area contributed by atoms with Crippen LogP contribution in [0.3, 0.4) is 0 Å². The summed E-state index contributed by atoms with van der Waals surface area (Å²) in [6, 6.07) is 1.13. The van der Waals surface area contributed by atoms with Crippen LogP contribution in [0.2, 0.25) is 11.6 Å². The first-order valence-corrected chi connectivity index (χ1v) is 7.33. The van der Waals surface area contributed by atoms with Crippen LogP contribution >= 0.6 is 0 Å². The van der Waals surface area contributed by atoms with Crippen molar-refractivity contribution in [2.24, 2.45) is 0 Å². The summed E-state index contributed by atoms with van der Waals surface area (Å²) in [5, 5.41) is 0. The Morgan fingerprint density at radius 1 is 1.08 bits per heavy atom. The highest BCUT2D eigenvalue weighted by Gasteiger charge is 2.38. The van der Waals surface area contributed by atoms with Crippen LogP contribution in [0.5, 0.6) is 0 Å². The van der Waals surface area contributed by atoms with Gasteiger partial charge < -0.3 is 8.85 Å². The zero-order chi connectivity index (χ0) is 10.3. The van der Waals surface area contributed by atoms with Crippen LogP contribution in [-0.2, 0) is 8.85 Å². The molecule has 0 aromatic heterocycles. The van der Waals surface area contributed by atoms with E-state index in [9.17, 15) is 0 Å². The first kappa shape index (κ1) is 13.1. The minimum absolute atomic E-state index is 0.541. The molecule has 80 valence electrons. The zero-order valence-corrected chi connectivity index (χ0v) is 10.7. The van der Waals surface area contributed by atoms with Crippen molar-refractivity contribution in [2.45, 2.75) is 51.6 Å². The van der Waals surface area contributed by atoms with Crippen LogP contribution in [0.25, 0.3) is 0 Å². The van der Waals surface area contributed by atoms with Crippen LogP contribution in [-0.4, -0.2) is 22.8 Å². The van der Waals surface area contributed by atoms with E-state index in [-0.39, 0.29) is 0 Å². The molecule has 0 unspecified atom stereocenters. The molecule has 0 rings (SSSR count). The highest BCUT2D eigenvalue weighted by Crippen LogP contribution is 2.28. The summed E-state index contributed by atoms with van der Waals surface area (Å²) < 4.78 is 11.2. The fraction of sp³-hybridized carbons (Fsp3) is 1.00. The van der Waals surface area contributed by atoms with Gasteiger partial charge in [-0.05, 0) is 11.6 Å². The molecule has 0 aromatic carbocycles. The lowest BCUT2D eigenvalue weighted by atomic mass is 10.3. The molecule has 3 heteroatoms. The fourth-order valence-corrected chi connectivity index (χ4v) is 4.51.